The molecule has 0 radical (unpaired) electrons. The Morgan fingerprint density at radius 3 is 3.07 bits per heavy atom. The topological polar surface area (TPSA) is 90.1 Å². The van der Waals surface area contributed by atoms with Gasteiger partial charge in [-0.1, -0.05) is 0 Å². The molecule has 0 spiro atoms. The zero-order chi connectivity index (χ0) is 10.8. The molecule has 0 aliphatic carbocycles. The highest BCUT2D eigenvalue weighted by atomic mass is 16.6. The van der Waals surface area contributed by atoms with E-state index in [2.05, 4.69) is 10.4 Å². The molecule has 80 valence electrons. The van der Waals surface area contributed by atoms with Gasteiger partial charge in [0.05, 0.1) is 11.0 Å². The van der Waals surface area contributed by atoms with E-state index in [1.165, 1.54) is 17.1 Å². The van der Waals surface area contributed by atoms with Crippen LogP contribution < -0.4 is 5.32 Å². The number of nitro groups is 1. The molecular formula is C8H10N4O3. The summed E-state index contributed by atoms with van der Waals surface area (Å²) in [5.74, 6) is -0.0376. The first-order chi connectivity index (χ1) is 7.16. The molecule has 1 aliphatic heterocycles. The number of nitrogens with zero attached hydrogens (tertiary/aromatic N) is 3. The van der Waals surface area contributed by atoms with Crippen molar-refractivity contribution in [3.8, 4) is 0 Å². The van der Waals surface area contributed by atoms with Gasteiger partial charge in [-0.3, -0.25) is 19.6 Å². The average Bonchev–Trinajstić information content (AvgIpc) is 2.66. The summed E-state index contributed by atoms with van der Waals surface area (Å²) in [5.41, 5.74) is -0.0408. The number of amides is 1. The Morgan fingerprint density at radius 2 is 2.47 bits per heavy atom. The molecule has 2 rings (SSSR count). The number of carbonyl (C=O) groups excluding carboxylic acids is 1. The van der Waals surface area contributed by atoms with Crippen molar-refractivity contribution >= 4 is 11.6 Å². The Bertz CT molecular complexity index is 400. The molecular weight excluding hydrogens is 200 g/mol. The van der Waals surface area contributed by atoms with Gasteiger partial charge in [-0.25, -0.2) is 0 Å². The molecule has 1 aromatic heterocycles. The summed E-state index contributed by atoms with van der Waals surface area (Å²) in [5, 5.41) is 17.0. The highest BCUT2D eigenvalue weighted by Gasteiger charge is 2.22. The van der Waals surface area contributed by atoms with Crippen LogP contribution in [0.3, 0.4) is 0 Å². The van der Waals surface area contributed by atoms with Crippen LogP contribution in [0, 0.1) is 10.1 Å². The summed E-state index contributed by atoms with van der Waals surface area (Å²) in [7, 11) is 0. The Kier molecular flexibility index (Phi) is 2.36. The third-order valence-corrected chi connectivity index (χ3v) is 2.39. The summed E-state index contributed by atoms with van der Waals surface area (Å²) in [4.78, 5) is 21.0. The predicted molar refractivity (Wildman–Crippen MR) is 50.2 cm³/mol. The van der Waals surface area contributed by atoms with E-state index in [9.17, 15) is 14.9 Å². The van der Waals surface area contributed by atoms with E-state index in [1.54, 1.807) is 0 Å². The van der Waals surface area contributed by atoms with Gasteiger partial charge in [-0.2, -0.15) is 5.10 Å². The Balaban J connectivity index is 2.14. The van der Waals surface area contributed by atoms with Gasteiger partial charge >= 0.3 is 5.69 Å². The predicted octanol–water partition coefficient (Wildman–Crippen LogP) is 0.242. The van der Waals surface area contributed by atoms with Crippen LogP contribution in [0.1, 0.15) is 18.9 Å². The Morgan fingerprint density at radius 1 is 1.67 bits per heavy atom. The number of rotatable bonds is 2. The molecule has 1 amide bonds. The van der Waals surface area contributed by atoms with Crippen molar-refractivity contribution in [2.45, 2.75) is 18.9 Å². The van der Waals surface area contributed by atoms with Crippen molar-refractivity contribution < 1.29 is 9.72 Å². The van der Waals surface area contributed by atoms with Gasteiger partial charge in [-0.05, 0) is 6.42 Å². The SMILES string of the molecule is O=C1CC(n2cc([N+](=O)[O-])cn2)CCN1. The molecule has 1 N–H and O–H groups in total. The zero-order valence-corrected chi connectivity index (χ0v) is 7.92. The average molecular weight is 210 g/mol. The second kappa shape index (κ2) is 3.68. The number of nitrogens with one attached hydrogen (secondary N) is 1. The monoisotopic (exact) mass is 210 g/mol. The van der Waals surface area contributed by atoms with Gasteiger partial charge < -0.3 is 5.32 Å². The minimum atomic E-state index is -0.494. The molecule has 0 aromatic carbocycles. The summed E-state index contributed by atoms with van der Waals surface area (Å²) < 4.78 is 1.50. The fourth-order valence-corrected chi connectivity index (χ4v) is 1.61. The third kappa shape index (κ3) is 1.95. The maximum absolute atomic E-state index is 11.1. The van der Waals surface area contributed by atoms with Gasteiger partial charge in [0.2, 0.25) is 5.91 Å². The molecule has 1 saturated heterocycles. The molecule has 0 bridgehead atoms. The van der Waals surface area contributed by atoms with Crippen LogP contribution in [0.4, 0.5) is 5.69 Å². The van der Waals surface area contributed by atoms with E-state index in [4.69, 9.17) is 0 Å². The fourth-order valence-electron chi connectivity index (χ4n) is 1.61. The van der Waals surface area contributed by atoms with Gasteiger partial charge in [0, 0.05) is 13.0 Å². The van der Waals surface area contributed by atoms with E-state index < -0.39 is 4.92 Å². The largest absolute Gasteiger partial charge is 0.356 e. The number of hydrogen-bond donors (Lipinski definition) is 1. The van der Waals surface area contributed by atoms with Crippen LogP contribution in [0.5, 0.6) is 0 Å². The van der Waals surface area contributed by atoms with Crippen LogP contribution >= 0.6 is 0 Å². The number of piperidine rings is 1. The highest BCUT2D eigenvalue weighted by Crippen LogP contribution is 2.20. The maximum Gasteiger partial charge on any atom is 0.307 e. The van der Waals surface area contributed by atoms with Crippen LogP contribution in [0.2, 0.25) is 0 Å². The molecule has 1 fully saturated rings. The number of hydrogen-bond acceptors (Lipinski definition) is 4. The van der Waals surface area contributed by atoms with Crippen LogP contribution in [-0.2, 0) is 4.79 Å². The fraction of sp³-hybridized carbons (Fsp3) is 0.500. The lowest BCUT2D eigenvalue weighted by atomic mass is 10.1. The maximum atomic E-state index is 11.1. The van der Waals surface area contributed by atoms with Crippen molar-refractivity contribution in [2.24, 2.45) is 0 Å². The first-order valence-corrected chi connectivity index (χ1v) is 4.62. The first kappa shape index (κ1) is 9.63. The van der Waals surface area contributed by atoms with Crippen molar-refractivity contribution in [1.82, 2.24) is 15.1 Å². The van der Waals surface area contributed by atoms with Gasteiger partial charge in [0.15, 0.2) is 0 Å². The third-order valence-electron chi connectivity index (χ3n) is 2.39. The molecule has 1 aromatic rings. The van der Waals surface area contributed by atoms with Crippen molar-refractivity contribution in [2.75, 3.05) is 6.54 Å². The van der Waals surface area contributed by atoms with E-state index in [-0.39, 0.29) is 17.6 Å². The highest BCUT2D eigenvalue weighted by molar-refractivity contribution is 5.77. The van der Waals surface area contributed by atoms with E-state index in [0.29, 0.717) is 13.0 Å². The summed E-state index contributed by atoms with van der Waals surface area (Å²) >= 11 is 0. The van der Waals surface area contributed by atoms with Gasteiger partial charge in [0.1, 0.15) is 12.4 Å². The normalized spacial score (nSPS) is 21.1. The molecule has 1 atom stereocenters. The first-order valence-electron chi connectivity index (χ1n) is 4.62. The second-order valence-electron chi connectivity index (χ2n) is 3.43. The minimum absolute atomic E-state index is 0.0376. The van der Waals surface area contributed by atoms with E-state index >= 15 is 0 Å². The van der Waals surface area contributed by atoms with E-state index in [1.807, 2.05) is 0 Å². The Hall–Kier alpha value is -1.92. The van der Waals surface area contributed by atoms with Crippen LogP contribution in [-0.4, -0.2) is 27.2 Å². The summed E-state index contributed by atoms with van der Waals surface area (Å²) in [6.07, 6.45) is 3.65. The number of aromatic nitrogens is 2. The van der Waals surface area contributed by atoms with Crippen molar-refractivity contribution in [1.29, 1.82) is 0 Å². The molecule has 7 nitrogen and oxygen atoms in total. The molecule has 15 heavy (non-hydrogen) atoms. The number of carbonyl (C=O) groups is 1. The molecule has 1 aliphatic rings. The lowest BCUT2D eigenvalue weighted by Gasteiger charge is -2.21. The van der Waals surface area contributed by atoms with Crippen LogP contribution in [0.25, 0.3) is 0 Å². The summed E-state index contributed by atoms with van der Waals surface area (Å²) in [6, 6.07) is -0.0625. The molecule has 1 unspecified atom stereocenters. The van der Waals surface area contributed by atoms with Crippen LogP contribution in [0.15, 0.2) is 12.4 Å². The standard InChI is InChI=1S/C8H10N4O3/c13-8-3-6(1-2-9-8)11-5-7(4-10-11)12(14)15/h4-6H,1-3H2,(H,9,13). The quantitative estimate of drug-likeness (QED) is 0.559. The lowest BCUT2D eigenvalue weighted by Crippen LogP contribution is -2.34. The van der Waals surface area contributed by atoms with E-state index in [0.717, 1.165) is 6.42 Å². The van der Waals surface area contributed by atoms with Crippen molar-refractivity contribution in [3.63, 3.8) is 0 Å². The second-order valence-corrected chi connectivity index (χ2v) is 3.43. The molecule has 2 heterocycles. The Labute approximate surface area is 85.2 Å². The molecule has 0 saturated carbocycles. The van der Waals surface area contributed by atoms with Gasteiger partial charge in [-0.15, -0.1) is 0 Å². The smallest absolute Gasteiger partial charge is 0.307 e. The van der Waals surface area contributed by atoms with Gasteiger partial charge in [0.25, 0.3) is 0 Å². The molecule has 7 heteroatoms. The lowest BCUT2D eigenvalue weighted by molar-refractivity contribution is -0.385. The zero-order valence-electron chi connectivity index (χ0n) is 7.92. The van der Waals surface area contributed by atoms with Crippen molar-refractivity contribution in [3.05, 3.63) is 22.5 Å². The summed E-state index contributed by atoms with van der Waals surface area (Å²) in [6.45, 7) is 0.594. The minimum Gasteiger partial charge on any atom is -0.356 e.